The summed E-state index contributed by atoms with van der Waals surface area (Å²) in [5, 5.41) is 4.51. The Labute approximate surface area is 99.2 Å². The standard InChI is InChI=1S/C13H14N2O2/c1-9(10-2-3-10)15-6-12(7-16)13(14-15)11-4-5-17-8-11/h4-10H,2-3H2,1H3. The van der Waals surface area contributed by atoms with Crippen molar-refractivity contribution in [3.8, 4) is 11.3 Å². The van der Waals surface area contributed by atoms with Gasteiger partial charge in [-0.25, -0.2) is 0 Å². The summed E-state index contributed by atoms with van der Waals surface area (Å²) in [7, 11) is 0. The van der Waals surface area contributed by atoms with Gasteiger partial charge in [0.15, 0.2) is 6.29 Å². The molecule has 4 nitrogen and oxygen atoms in total. The molecule has 2 heterocycles. The molecule has 1 aliphatic carbocycles. The van der Waals surface area contributed by atoms with E-state index >= 15 is 0 Å². The summed E-state index contributed by atoms with van der Waals surface area (Å²) in [6.07, 6.45) is 8.41. The van der Waals surface area contributed by atoms with Crippen LogP contribution >= 0.6 is 0 Å². The summed E-state index contributed by atoms with van der Waals surface area (Å²) in [4.78, 5) is 11.1. The molecule has 2 aromatic rings. The highest BCUT2D eigenvalue weighted by Crippen LogP contribution is 2.39. The number of furan rings is 1. The lowest BCUT2D eigenvalue weighted by Crippen LogP contribution is -2.07. The van der Waals surface area contributed by atoms with Crippen molar-refractivity contribution < 1.29 is 9.21 Å². The highest BCUT2D eigenvalue weighted by Gasteiger charge is 2.30. The molecule has 1 saturated carbocycles. The molecule has 4 heteroatoms. The van der Waals surface area contributed by atoms with E-state index in [1.807, 2.05) is 16.9 Å². The zero-order chi connectivity index (χ0) is 11.8. The minimum Gasteiger partial charge on any atom is -0.472 e. The quantitative estimate of drug-likeness (QED) is 0.759. The second kappa shape index (κ2) is 3.87. The third kappa shape index (κ3) is 1.79. The van der Waals surface area contributed by atoms with Gasteiger partial charge in [0.25, 0.3) is 0 Å². The van der Waals surface area contributed by atoms with E-state index < -0.39 is 0 Å². The lowest BCUT2D eigenvalue weighted by Gasteiger charge is -2.09. The molecular weight excluding hydrogens is 216 g/mol. The number of hydrogen-bond acceptors (Lipinski definition) is 3. The number of aromatic nitrogens is 2. The molecule has 1 unspecified atom stereocenters. The Morgan fingerprint density at radius 2 is 2.41 bits per heavy atom. The number of aldehydes is 1. The Morgan fingerprint density at radius 1 is 1.59 bits per heavy atom. The predicted octanol–water partition coefficient (Wildman–Crippen LogP) is 2.93. The minimum absolute atomic E-state index is 0.370. The van der Waals surface area contributed by atoms with E-state index in [2.05, 4.69) is 12.0 Å². The first-order valence-electron chi connectivity index (χ1n) is 5.86. The van der Waals surface area contributed by atoms with E-state index in [1.165, 1.54) is 12.8 Å². The van der Waals surface area contributed by atoms with Crippen LogP contribution in [0.1, 0.15) is 36.2 Å². The number of hydrogen-bond donors (Lipinski definition) is 0. The average molecular weight is 230 g/mol. The van der Waals surface area contributed by atoms with Crippen LogP contribution in [0.2, 0.25) is 0 Å². The third-order valence-corrected chi connectivity index (χ3v) is 3.40. The molecular formula is C13H14N2O2. The zero-order valence-corrected chi connectivity index (χ0v) is 9.67. The largest absolute Gasteiger partial charge is 0.472 e. The molecule has 0 N–H and O–H groups in total. The third-order valence-electron chi connectivity index (χ3n) is 3.40. The van der Waals surface area contributed by atoms with Crippen LogP contribution in [-0.2, 0) is 0 Å². The lowest BCUT2D eigenvalue weighted by molar-refractivity contribution is 0.112. The monoisotopic (exact) mass is 230 g/mol. The Balaban J connectivity index is 2.00. The summed E-state index contributed by atoms with van der Waals surface area (Å²) in [6, 6.07) is 2.19. The number of nitrogens with zero attached hydrogens (tertiary/aromatic N) is 2. The van der Waals surface area contributed by atoms with E-state index in [0.717, 1.165) is 11.8 Å². The highest BCUT2D eigenvalue weighted by molar-refractivity contribution is 5.85. The SMILES string of the molecule is CC(C1CC1)n1cc(C=O)c(-c2ccoc2)n1. The second-order valence-corrected chi connectivity index (χ2v) is 4.62. The van der Waals surface area contributed by atoms with Gasteiger partial charge >= 0.3 is 0 Å². The van der Waals surface area contributed by atoms with Crippen LogP contribution in [0.25, 0.3) is 11.3 Å². The van der Waals surface area contributed by atoms with Crippen molar-refractivity contribution in [3.63, 3.8) is 0 Å². The number of carbonyl (C=O) groups excluding carboxylic acids is 1. The Morgan fingerprint density at radius 3 is 3.00 bits per heavy atom. The van der Waals surface area contributed by atoms with Crippen molar-refractivity contribution in [3.05, 3.63) is 30.4 Å². The van der Waals surface area contributed by atoms with Crippen molar-refractivity contribution in [2.24, 2.45) is 5.92 Å². The Kier molecular flexibility index (Phi) is 2.35. The normalized spacial score (nSPS) is 17.0. The molecule has 1 fully saturated rings. The van der Waals surface area contributed by atoms with Crippen LogP contribution in [0.4, 0.5) is 0 Å². The van der Waals surface area contributed by atoms with E-state index in [9.17, 15) is 4.79 Å². The Bertz CT molecular complexity index is 524. The average Bonchev–Trinajstić information content (AvgIpc) is 2.90. The number of rotatable bonds is 4. The molecule has 0 spiro atoms. The van der Waals surface area contributed by atoms with E-state index in [1.54, 1.807) is 12.5 Å². The molecule has 3 rings (SSSR count). The lowest BCUT2D eigenvalue weighted by atomic mass is 10.2. The minimum atomic E-state index is 0.370. The van der Waals surface area contributed by atoms with Crippen LogP contribution in [0.15, 0.2) is 29.2 Å². The summed E-state index contributed by atoms with van der Waals surface area (Å²) < 4.78 is 6.94. The van der Waals surface area contributed by atoms with Gasteiger partial charge in [-0.05, 0) is 31.7 Å². The van der Waals surface area contributed by atoms with Crippen LogP contribution in [0.5, 0.6) is 0 Å². The fraction of sp³-hybridized carbons (Fsp3) is 0.385. The van der Waals surface area contributed by atoms with Gasteiger partial charge in [0.05, 0.1) is 24.1 Å². The van der Waals surface area contributed by atoms with E-state index in [-0.39, 0.29) is 0 Å². The molecule has 0 aromatic carbocycles. The molecule has 0 amide bonds. The summed E-state index contributed by atoms with van der Waals surface area (Å²) >= 11 is 0. The van der Waals surface area contributed by atoms with Gasteiger partial charge in [0.1, 0.15) is 5.69 Å². The molecule has 0 radical (unpaired) electrons. The zero-order valence-electron chi connectivity index (χ0n) is 9.67. The smallest absolute Gasteiger partial charge is 0.153 e. The van der Waals surface area contributed by atoms with Crippen molar-refractivity contribution in [1.29, 1.82) is 0 Å². The molecule has 2 aromatic heterocycles. The van der Waals surface area contributed by atoms with Crippen molar-refractivity contribution in [2.75, 3.05) is 0 Å². The fourth-order valence-electron chi connectivity index (χ4n) is 2.12. The number of carbonyl (C=O) groups is 1. The second-order valence-electron chi connectivity index (χ2n) is 4.62. The fourth-order valence-corrected chi connectivity index (χ4v) is 2.12. The maximum absolute atomic E-state index is 11.1. The predicted molar refractivity (Wildman–Crippen MR) is 62.8 cm³/mol. The van der Waals surface area contributed by atoms with Gasteiger partial charge in [-0.3, -0.25) is 9.48 Å². The summed E-state index contributed by atoms with van der Waals surface area (Å²) in [6.45, 7) is 2.15. The molecule has 17 heavy (non-hydrogen) atoms. The van der Waals surface area contributed by atoms with Crippen molar-refractivity contribution in [1.82, 2.24) is 9.78 Å². The maximum Gasteiger partial charge on any atom is 0.153 e. The molecule has 88 valence electrons. The molecule has 0 bridgehead atoms. The van der Waals surface area contributed by atoms with Crippen molar-refractivity contribution in [2.45, 2.75) is 25.8 Å². The molecule has 0 saturated heterocycles. The topological polar surface area (TPSA) is 48.0 Å². The van der Waals surface area contributed by atoms with Crippen LogP contribution in [0, 0.1) is 5.92 Å². The first-order valence-corrected chi connectivity index (χ1v) is 5.86. The Hall–Kier alpha value is -1.84. The van der Waals surface area contributed by atoms with Gasteiger partial charge in [-0.15, -0.1) is 0 Å². The van der Waals surface area contributed by atoms with Crippen LogP contribution < -0.4 is 0 Å². The van der Waals surface area contributed by atoms with Crippen LogP contribution in [-0.4, -0.2) is 16.1 Å². The van der Waals surface area contributed by atoms with Gasteiger partial charge in [-0.1, -0.05) is 0 Å². The van der Waals surface area contributed by atoms with Gasteiger partial charge in [-0.2, -0.15) is 5.10 Å². The van der Waals surface area contributed by atoms with Crippen molar-refractivity contribution >= 4 is 6.29 Å². The van der Waals surface area contributed by atoms with Gasteiger partial charge in [0.2, 0.25) is 0 Å². The first-order chi connectivity index (χ1) is 8.29. The first kappa shape index (κ1) is 10.3. The summed E-state index contributed by atoms with van der Waals surface area (Å²) in [5.41, 5.74) is 2.19. The van der Waals surface area contributed by atoms with E-state index in [4.69, 9.17) is 4.42 Å². The molecule has 1 atom stereocenters. The van der Waals surface area contributed by atoms with Gasteiger partial charge < -0.3 is 4.42 Å². The van der Waals surface area contributed by atoms with E-state index in [0.29, 0.717) is 23.2 Å². The summed E-state index contributed by atoms with van der Waals surface area (Å²) in [5.74, 6) is 0.714. The van der Waals surface area contributed by atoms with Crippen LogP contribution in [0.3, 0.4) is 0 Å². The van der Waals surface area contributed by atoms with Gasteiger partial charge in [0, 0.05) is 11.8 Å². The molecule has 1 aliphatic rings. The molecule has 0 aliphatic heterocycles. The maximum atomic E-state index is 11.1. The highest BCUT2D eigenvalue weighted by atomic mass is 16.3.